The monoisotopic (exact) mass is 350 g/mol. The van der Waals surface area contributed by atoms with Crippen LogP contribution in [-0.4, -0.2) is 4.98 Å². The Bertz CT molecular complexity index is 530. The summed E-state index contributed by atoms with van der Waals surface area (Å²) in [7, 11) is 0. The third kappa shape index (κ3) is 3.13. The molecule has 0 fully saturated rings. The minimum absolute atomic E-state index is 0.0757. The van der Waals surface area contributed by atoms with Gasteiger partial charge in [-0.1, -0.05) is 23.2 Å². The molecule has 2 aromatic heterocycles. The summed E-state index contributed by atoms with van der Waals surface area (Å²) in [6.07, 6.45) is 1.73. The molecule has 1 atom stereocenters. The lowest BCUT2D eigenvalue weighted by Gasteiger charge is -2.15. The number of pyridine rings is 1. The molecule has 2 rings (SSSR count). The van der Waals surface area contributed by atoms with Crippen molar-refractivity contribution >= 4 is 56.2 Å². The molecule has 1 unspecified atom stereocenters. The second-order valence-electron chi connectivity index (χ2n) is 3.49. The molecular weight excluding hydrogens is 343 g/mol. The highest BCUT2D eigenvalue weighted by Crippen LogP contribution is 2.36. The molecule has 0 aliphatic carbocycles. The van der Waals surface area contributed by atoms with E-state index in [0.717, 1.165) is 20.2 Å². The Morgan fingerprint density at radius 2 is 2.24 bits per heavy atom. The van der Waals surface area contributed by atoms with Gasteiger partial charge < -0.3 is 5.32 Å². The fourth-order valence-electron chi connectivity index (χ4n) is 1.45. The van der Waals surface area contributed by atoms with Crippen LogP contribution in [0.1, 0.15) is 18.5 Å². The first-order chi connectivity index (χ1) is 8.08. The average Bonchev–Trinajstić information content (AvgIpc) is 2.61. The van der Waals surface area contributed by atoms with Gasteiger partial charge >= 0.3 is 0 Å². The van der Waals surface area contributed by atoms with Crippen molar-refractivity contribution < 1.29 is 0 Å². The molecule has 2 heterocycles. The van der Waals surface area contributed by atoms with Gasteiger partial charge in [-0.15, -0.1) is 11.3 Å². The normalized spacial score (nSPS) is 12.5. The van der Waals surface area contributed by atoms with Crippen LogP contribution in [0.15, 0.2) is 29.0 Å². The standard InChI is InChI=1S/C11H9BrCl2N2S/c1-6(7-5-9(13)17-11(7)14)16-8-3-2-4-15-10(8)12/h2-6,16H,1H3. The molecule has 0 saturated carbocycles. The van der Waals surface area contributed by atoms with Crippen LogP contribution in [0.5, 0.6) is 0 Å². The number of thiophene rings is 1. The van der Waals surface area contributed by atoms with Crippen molar-refractivity contribution in [1.82, 2.24) is 4.98 Å². The molecule has 0 aromatic carbocycles. The molecule has 0 spiro atoms. The van der Waals surface area contributed by atoms with Crippen LogP contribution >= 0.6 is 50.5 Å². The Morgan fingerprint density at radius 3 is 2.82 bits per heavy atom. The van der Waals surface area contributed by atoms with E-state index in [2.05, 4.69) is 26.2 Å². The summed E-state index contributed by atoms with van der Waals surface area (Å²) in [5.41, 5.74) is 1.93. The van der Waals surface area contributed by atoms with Crippen molar-refractivity contribution in [3.63, 3.8) is 0 Å². The first kappa shape index (κ1) is 13.1. The number of hydrogen-bond acceptors (Lipinski definition) is 3. The van der Waals surface area contributed by atoms with E-state index in [4.69, 9.17) is 23.2 Å². The van der Waals surface area contributed by atoms with Gasteiger partial charge in [-0.3, -0.25) is 0 Å². The van der Waals surface area contributed by atoms with E-state index in [-0.39, 0.29) is 6.04 Å². The van der Waals surface area contributed by atoms with Crippen LogP contribution in [0.3, 0.4) is 0 Å². The van der Waals surface area contributed by atoms with Crippen molar-refractivity contribution in [2.75, 3.05) is 5.32 Å². The minimum atomic E-state index is 0.0757. The lowest BCUT2D eigenvalue weighted by Crippen LogP contribution is -2.06. The third-order valence-corrected chi connectivity index (χ3v) is 4.43. The first-order valence-corrected chi connectivity index (χ1v) is 7.26. The van der Waals surface area contributed by atoms with Crippen molar-refractivity contribution in [2.24, 2.45) is 0 Å². The number of nitrogens with zero attached hydrogens (tertiary/aromatic N) is 1. The van der Waals surface area contributed by atoms with Gasteiger partial charge in [0.15, 0.2) is 0 Å². The van der Waals surface area contributed by atoms with Crippen molar-refractivity contribution in [2.45, 2.75) is 13.0 Å². The molecule has 0 aliphatic rings. The lowest BCUT2D eigenvalue weighted by molar-refractivity contribution is 0.887. The number of nitrogens with one attached hydrogen (secondary N) is 1. The molecular formula is C11H9BrCl2N2S. The number of hydrogen-bond donors (Lipinski definition) is 1. The zero-order valence-corrected chi connectivity index (χ0v) is 12.8. The zero-order chi connectivity index (χ0) is 12.4. The van der Waals surface area contributed by atoms with Gasteiger partial charge in [-0.25, -0.2) is 4.98 Å². The maximum atomic E-state index is 6.11. The summed E-state index contributed by atoms with van der Waals surface area (Å²) in [6, 6.07) is 5.79. The van der Waals surface area contributed by atoms with E-state index < -0.39 is 0 Å². The van der Waals surface area contributed by atoms with E-state index in [0.29, 0.717) is 4.34 Å². The maximum Gasteiger partial charge on any atom is 0.129 e. The van der Waals surface area contributed by atoms with Crippen LogP contribution in [0.25, 0.3) is 0 Å². The quantitative estimate of drug-likeness (QED) is 0.750. The minimum Gasteiger partial charge on any atom is -0.376 e. The van der Waals surface area contributed by atoms with Gasteiger partial charge in [0.1, 0.15) is 4.60 Å². The SMILES string of the molecule is CC(Nc1cccnc1Br)c1cc(Cl)sc1Cl. The lowest BCUT2D eigenvalue weighted by atomic mass is 10.2. The third-order valence-electron chi connectivity index (χ3n) is 2.28. The smallest absolute Gasteiger partial charge is 0.129 e. The summed E-state index contributed by atoms with van der Waals surface area (Å²) in [6.45, 7) is 2.03. The van der Waals surface area contributed by atoms with Gasteiger partial charge in [0.25, 0.3) is 0 Å². The van der Waals surface area contributed by atoms with Crippen molar-refractivity contribution in [3.8, 4) is 0 Å². The molecule has 2 nitrogen and oxygen atoms in total. The van der Waals surface area contributed by atoms with Crippen LogP contribution in [-0.2, 0) is 0 Å². The summed E-state index contributed by atoms with van der Waals surface area (Å²) in [4.78, 5) is 4.15. The summed E-state index contributed by atoms with van der Waals surface area (Å²) in [5.74, 6) is 0. The van der Waals surface area contributed by atoms with Gasteiger partial charge in [0.05, 0.1) is 20.4 Å². The Balaban J connectivity index is 2.20. The van der Waals surface area contributed by atoms with Gasteiger partial charge in [0.2, 0.25) is 0 Å². The Morgan fingerprint density at radius 1 is 1.47 bits per heavy atom. The van der Waals surface area contributed by atoms with E-state index in [1.807, 2.05) is 25.1 Å². The molecule has 0 radical (unpaired) electrons. The average molecular weight is 352 g/mol. The fourth-order valence-corrected chi connectivity index (χ4v) is 3.46. The topological polar surface area (TPSA) is 24.9 Å². The van der Waals surface area contributed by atoms with Gasteiger partial charge in [0, 0.05) is 11.8 Å². The number of aromatic nitrogens is 1. The Kier molecular flexibility index (Phi) is 4.31. The number of anilines is 1. The van der Waals surface area contributed by atoms with E-state index in [1.165, 1.54) is 11.3 Å². The molecule has 0 saturated heterocycles. The van der Waals surface area contributed by atoms with Crippen LogP contribution < -0.4 is 5.32 Å². The Hall–Kier alpha value is -0.290. The predicted molar refractivity (Wildman–Crippen MR) is 78.3 cm³/mol. The second-order valence-corrected chi connectivity index (χ2v) is 6.52. The second kappa shape index (κ2) is 5.57. The maximum absolute atomic E-state index is 6.11. The van der Waals surface area contributed by atoms with Crippen molar-refractivity contribution in [3.05, 3.63) is 43.2 Å². The molecule has 90 valence electrons. The largest absolute Gasteiger partial charge is 0.376 e. The number of halogens is 3. The van der Waals surface area contributed by atoms with Crippen LogP contribution in [0.2, 0.25) is 8.67 Å². The zero-order valence-electron chi connectivity index (χ0n) is 8.88. The van der Waals surface area contributed by atoms with Gasteiger partial charge in [-0.05, 0) is 41.1 Å². The summed E-state index contributed by atoms with van der Waals surface area (Å²) >= 11 is 16.8. The highest BCUT2D eigenvalue weighted by Gasteiger charge is 2.14. The number of rotatable bonds is 3. The molecule has 0 amide bonds. The molecule has 1 N–H and O–H groups in total. The molecule has 6 heteroatoms. The molecule has 2 aromatic rings. The highest BCUT2D eigenvalue weighted by molar-refractivity contribution is 9.10. The predicted octanol–water partition coefficient (Wildman–Crippen LogP) is 5.39. The first-order valence-electron chi connectivity index (χ1n) is 4.89. The van der Waals surface area contributed by atoms with E-state index >= 15 is 0 Å². The summed E-state index contributed by atoms with van der Waals surface area (Å²) < 4.78 is 2.20. The van der Waals surface area contributed by atoms with Crippen LogP contribution in [0.4, 0.5) is 5.69 Å². The summed E-state index contributed by atoms with van der Waals surface area (Å²) in [5, 5.41) is 3.33. The Labute approximate surface area is 122 Å². The fraction of sp³-hybridized carbons (Fsp3) is 0.182. The van der Waals surface area contributed by atoms with Crippen LogP contribution in [0, 0.1) is 0 Å². The van der Waals surface area contributed by atoms with Crippen molar-refractivity contribution in [1.29, 1.82) is 0 Å². The molecule has 0 bridgehead atoms. The van der Waals surface area contributed by atoms with E-state index in [1.54, 1.807) is 6.20 Å². The highest BCUT2D eigenvalue weighted by atomic mass is 79.9. The molecule has 17 heavy (non-hydrogen) atoms. The van der Waals surface area contributed by atoms with Gasteiger partial charge in [-0.2, -0.15) is 0 Å². The van der Waals surface area contributed by atoms with E-state index in [9.17, 15) is 0 Å². The molecule has 0 aliphatic heterocycles.